The predicted molar refractivity (Wildman–Crippen MR) is 77.4 cm³/mol. The highest BCUT2D eigenvalue weighted by Crippen LogP contribution is 2.33. The summed E-state index contributed by atoms with van der Waals surface area (Å²) in [6, 6.07) is 4.99. The monoisotopic (exact) mass is 283 g/mol. The molecule has 2 rings (SSSR count). The largest absolute Gasteiger partial charge is 0.396 e. The van der Waals surface area contributed by atoms with E-state index in [1.54, 1.807) is 6.07 Å². The molecule has 106 valence electrons. The number of anilines is 2. The molecule has 1 saturated heterocycles. The molecule has 1 aromatic rings. The van der Waals surface area contributed by atoms with Gasteiger partial charge in [-0.2, -0.15) is 0 Å². The van der Waals surface area contributed by atoms with Gasteiger partial charge in [0.25, 0.3) is 0 Å². The second-order valence-electron chi connectivity index (χ2n) is 5.42. The number of benzene rings is 1. The van der Waals surface area contributed by atoms with Crippen LogP contribution < -0.4 is 15.8 Å². The van der Waals surface area contributed by atoms with Crippen molar-refractivity contribution >= 4 is 21.4 Å². The van der Waals surface area contributed by atoms with Gasteiger partial charge in [0.05, 0.1) is 11.4 Å². The quantitative estimate of drug-likeness (QED) is 0.803. The summed E-state index contributed by atoms with van der Waals surface area (Å²) in [7, 11) is -3.77. The molecule has 19 heavy (non-hydrogen) atoms. The van der Waals surface area contributed by atoms with Crippen molar-refractivity contribution in [3.63, 3.8) is 0 Å². The highest BCUT2D eigenvalue weighted by molar-refractivity contribution is 7.89. The summed E-state index contributed by atoms with van der Waals surface area (Å²) < 4.78 is 23.0. The lowest BCUT2D eigenvalue weighted by Crippen LogP contribution is -2.38. The summed E-state index contributed by atoms with van der Waals surface area (Å²) in [5, 5.41) is 5.18. The van der Waals surface area contributed by atoms with Gasteiger partial charge >= 0.3 is 0 Å². The summed E-state index contributed by atoms with van der Waals surface area (Å²) in [6.45, 7) is 6.23. The number of hydrogen-bond donors (Lipinski definition) is 2. The number of para-hydroxylation sites is 1. The van der Waals surface area contributed by atoms with E-state index in [4.69, 9.17) is 10.9 Å². The predicted octanol–water partition coefficient (Wildman–Crippen LogP) is 1.40. The van der Waals surface area contributed by atoms with Crippen LogP contribution in [0, 0.1) is 11.8 Å². The van der Waals surface area contributed by atoms with Crippen molar-refractivity contribution < 1.29 is 8.42 Å². The SMILES string of the molecule is CC1CCN(c2cccc(S(N)(=O)=O)c2N)CC1C. The molecule has 0 aliphatic carbocycles. The second-order valence-corrected chi connectivity index (χ2v) is 6.95. The highest BCUT2D eigenvalue weighted by atomic mass is 32.2. The van der Waals surface area contributed by atoms with E-state index in [9.17, 15) is 8.42 Å². The summed E-state index contributed by atoms with van der Waals surface area (Å²) in [5.74, 6) is 1.24. The third-order valence-corrected chi connectivity index (χ3v) is 4.99. The maximum atomic E-state index is 11.5. The topological polar surface area (TPSA) is 89.4 Å². The molecule has 1 aliphatic rings. The van der Waals surface area contributed by atoms with Crippen LogP contribution in [-0.4, -0.2) is 21.5 Å². The molecule has 0 bridgehead atoms. The third kappa shape index (κ3) is 2.84. The van der Waals surface area contributed by atoms with Crippen LogP contribution in [0.5, 0.6) is 0 Å². The van der Waals surface area contributed by atoms with Gasteiger partial charge in [0, 0.05) is 13.1 Å². The summed E-state index contributed by atoms with van der Waals surface area (Å²) >= 11 is 0. The first-order valence-electron chi connectivity index (χ1n) is 6.47. The van der Waals surface area contributed by atoms with Crippen molar-refractivity contribution in [1.29, 1.82) is 0 Å². The average molecular weight is 283 g/mol. The third-order valence-electron chi connectivity index (χ3n) is 4.02. The lowest BCUT2D eigenvalue weighted by atomic mass is 9.88. The van der Waals surface area contributed by atoms with Crippen molar-refractivity contribution in [2.24, 2.45) is 17.0 Å². The Morgan fingerprint density at radius 2 is 1.95 bits per heavy atom. The number of nitrogens with two attached hydrogens (primary N) is 2. The van der Waals surface area contributed by atoms with Crippen LogP contribution in [0.2, 0.25) is 0 Å². The Hall–Kier alpha value is -1.27. The molecule has 6 heteroatoms. The first-order chi connectivity index (χ1) is 8.80. The van der Waals surface area contributed by atoms with Crippen LogP contribution >= 0.6 is 0 Å². The summed E-state index contributed by atoms with van der Waals surface area (Å²) in [5.41, 5.74) is 7.00. The van der Waals surface area contributed by atoms with Crippen molar-refractivity contribution in [3.05, 3.63) is 18.2 Å². The Bertz CT molecular complexity index is 571. The van der Waals surface area contributed by atoms with Crippen LogP contribution in [-0.2, 0) is 10.0 Å². The van der Waals surface area contributed by atoms with Gasteiger partial charge in [0.1, 0.15) is 4.90 Å². The van der Waals surface area contributed by atoms with E-state index in [2.05, 4.69) is 18.7 Å². The standard InChI is InChI=1S/C13H21N3O2S/c1-9-6-7-16(8-10(9)2)11-4-3-5-12(13(11)14)19(15,17)18/h3-5,9-10H,6-8,14H2,1-2H3,(H2,15,17,18). The van der Waals surface area contributed by atoms with Gasteiger partial charge in [-0.05, 0) is 30.4 Å². The fourth-order valence-electron chi connectivity index (χ4n) is 2.54. The summed E-state index contributed by atoms with van der Waals surface area (Å²) in [4.78, 5) is 2.16. The minimum Gasteiger partial charge on any atom is -0.396 e. The van der Waals surface area contributed by atoms with Crippen molar-refractivity contribution in [1.82, 2.24) is 0 Å². The second kappa shape index (κ2) is 5.02. The number of sulfonamides is 1. The molecule has 0 aromatic heterocycles. The van der Waals surface area contributed by atoms with E-state index in [1.807, 2.05) is 6.07 Å². The average Bonchev–Trinajstić information content (AvgIpc) is 2.32. The molecule has 1 heterocycles. The van der Waals surface area contributed by atoms with Crippen LogP contribution in [0.3, 0.4) is 0 Å². The van der Waals surface area contributed by atoms with Crippen LogP contribution in [0.4, 0.5) is 11.4 Å². The molecule has 0 amide bonds. The van der Waals surface area contributed by atoms with Crippen molar-refractivity contribution in [2.75, 3.05) is 23.7 Å². The molecule has 1 aromatic carbocycles. The van der Waals surface area contributed by atoms with E-state index in [-0.39, 0.29) is 10.6 Å². The molecule has 0 saturated carbocycles. The normalized spacial score (nSPS) is 24.5. The maximum absolute atomic E-state index is 11.5. The Morgan fingerprint density at radius 3 is 2.53 bits per heavy atom. The first-order valence-corrected chi connectivity index (χ1v) is 8.01. The lowest BCUT2D eigenvalue weighted by Gasteiger charge is -2.37. The van der Waals surface area contributed by atoms with Gasteiger partial charge in [0.2, 0.25) is 10.0 Å². The molecule has 1 aliphatic heterocycles. The zero-order valence-electron chi connectivity index (χ0n) is 11.3. The van der Waals surface area contributed by atoms with Crippen molar-refractivity contribution in [2.45, 2.75) is 25.2 Å². The molecular weight excluding hydrogens is 262 g/mol. The van der Waals surface area contributed by atoms with E-state index in [1.165, 1.54) is 6.07 Å². The molecule has 5 nitrogen and oxygen atoms in total. The minimum atomic E-state index is -3.77. The number of nitrogens with zero attached hydrogens (tertiary/aromatic N) is 1. The van der Waals surface area contributed by atoms with Crippen LogP contribution in [0.1, 0.15) is 20.3 Å². The fraction of sp³-hybridized carbons (Fsp3) is 0.538. The number of rotatable bonds is 2. The lowest BCUT2D eigenvalue weighted by molar-refractivity contribution is 0.324. The maximum Gasteiger partial charge on any atom is 0.240 e. The Balaban J connectivity index is 2.36. The van der Waals surface area contributed by atoms with Gasteiger partial charge in [-0.25, -0.2) is 13.6 Å². The fourth-order valence-corrected chi connectivity index (χ4v) is 3.22. The number of primary sulfonamides is 1. The van der Waals surface area contributed by atoms with Gasteiger partial charge in [-0.15, -0.1) is 0 Å². The Labute approximate surface area is 114 Å². The molecular formula is C13H21N3O2S. The first kappa shape index (κ1) is 14.1. The van der Waals surface area contributed by atoms with E-state index in [0.29, 0.717) is 11.8 Å². The van der Waals surface area contributed by atoms with Gasteiger partial charge < -0.3 is 10.6 Å². The van der Waals surface area contributed by atoms with E-state index in [0.717, 1.165) is 25.2 Å². The van der Waals surface area contributed by atoms with E-state index >= 15 is 0 Å². The molecule has 2 unspecified atom stereocenters. The Morgan fingerprint density at radius 1 is 1.26 bits per heavy atom. The molecule has 0 radical (unpaired) electrons. The van der Waals surface area contributed by atoms with Crippen LogP contribution in [0.25, 0.3) is 0 Å². The number of hydrogen-bond acceptors (Lipinski definition) is 4. The minimum absolute atomic E-state index is 0.0104. The molecule has 2 atom stereocenters. The van der Waals surface area contributed by atoms with Gasteiger partial charge in [-0.1, -0.05) is 19.9 Å². The van der Waals surface area contributed by atoms with Gasteiger partial charge in [-0.3, -0.25) is 0 Å². The smallest absolute Gasteiger partial charge is 0.240 e. The molecule has 0 spiro atoms. The van der Waals surface area contributed by atoms with E-state index < -0.39 is 10.0 Å². The zero-order chi connectivity index (χ0) is 14.2. The van der Waals surface area contributed by atoms with Gasteiger partial charge in [0.15, 0.2) is 0 Å². The number of piperidine rings is 1. The van der Waals surface area contributed by atoms with Crippen molar-refractivity contribution in [3.8, 4) is 0 Å². The summed E-state index contributed by atoms with van der Waals surface area (Å²) in [6.07, 6.45) is 1.08. The molecule has 1 fully saturated rings. The van der Waals surface area contributed by atoms with Crippen LogP contribution in [0.15, 0.2) is 23.1 Å². The number of nitrogen functional groups attached to an aromatic ring is 1. The highest BCUT2D eigenvalue weighted by Gasteiger charge is 2.25. The zero-order valence-corrected chi connectivity index (χ0v) is 12.2. The Kier molecular flexibility index (Phi) is 3.73. The molecule has 4 N–H and O–H groups in total.